The van der Waals surface area contributed by atoms with Crippen molar-refractivity contribution in [3.8, 4) is 0 Å². The minimum Gasteiger partial charge on any atom is -0.369 e. The number of nitrogens with one attached hydrogen (secondary N) is 1. The first-order valence-corrected chi connectivity index (χ1v) is 7.01. The van der Waals surface area contributed by atoms with Gasteiger partial charge in [-0.05, 0) is 32.6 Å². The Morgan fingerprint density at radius 1 is 1.11 bits per heavy atom. The normalized spacial score (nSPS) is 15.7. The van der Waals surface area contributed by atoms with E-state index in [4.69, 9.17) is 5.73 Å². The molecule has 4 nitrogen and oxygen atoms in total. The summed E-state index contributed by atoms with van der Waals surface area (Å²) in [7, 11) is 0. The second kappa shape index (κ2) is 6.40. The molecule has 4 heteroatoms. The maximum absolute atomic E-state index is 12.5. The van der Waals surface area contributed by atoms with Gasteiger partial charge in [0, 0.05) is 11.5 Å². The summed E-state index contributed by atoms with van der Waals surface area (Å²) < 4.78 is 0. The van der Waals surface area contributed by atoms with Crippen LogP contribution in [-0.2, 0) is 9.59 Å². The Morgan fingerprint density at radius 3 is 1.84 bits per heavy atom. The van der Waals surface area contributed by atoms with Gasteiger partial charge in [-0.15, -0.1) is 0 Å². The van der Waals surface area contributed by atoms with E-state index < -0.39 is 11.8 Å². The molecule has 0 radical (unpaired) electrons. The monoisotopic (exact) mass is 270 g/mol. The van der Waals surface area contributed by atoms with Crippen LogP contribution in [0.4, 0.5) is 0 Å². The molecule has 0 aliphatic rings. The Bertz CT molecular complexity index is 324. The van der Waals surface area contributed by atoms with Crippen molar-refractivity contribution >= 4 is 11.8 Å². The van der Waals surface area contributed by atoms with E-state index in [1.807, 2.05) is 48.5 Å². The third-order valence-electron chi connectivity index (χ3n) is 3.08. The summed E-state index contributed by atoms with van der Waals surface area (Å²) in [4.78, 5) is 24.2. The molecular weight excluding hydrogens is 240 g/mol. The average Bonchev–Trinajstić information content (AvgIpc) is 2.11. The summed E-state index contributed by atoms with van der Waals surface area (Å²) in [5.41, 5.74) is 4.89. The lowest BCUT2D eigenvalue weighted by Gasteiger charge is -2.36. The molecule has 0 fully saturated rings. The highest BCUT2D eigenvalue weighted by molar-refractivity contribution is 5.87. The molecule has 0 aliphatic heterocycles. The summed E-state index contributed by atoms with van der Waals surface area (Å²) in [5, 5.41) is 2.97. The van der Waals surface area contributed by atoms with Crippen LogP contribution < -0.4 is 11.1 Å². The third-order valence-corrected chi connectivity index (χ3v) is 3.08. The van der Waals surface area contributed by atoms with E-state index >= 15 is 0 Å². The van der Waals surface area contributed by atoms with E-state index in [2.05, 4.69) is 5.32 Å². The van der Waals surface area contributed by atoms with Gasteiger partial charge in [-0.1, -0.05) is 34.1 Å². The van der Waals surface area contributed by atoms with Crippen molar-refractivity contribution in [1.29, 1.82) is 0 Å². The van der Waals surface area contributed by atoms with Crippen molar-refractivity contribution in [2.24, 2.45) is 23.0 Å². The Balaban J connectivity index is 5.32. The maximum Gasteiger partial charge on any atom is 0.224 e. The first-order chi connectivity index (χ1) is 8.40. The van der Waals surface area contributed by atoms with Crippen LogP contribution in [0.3, 0.4) is 0 Å². The lowest BCUT2D eigenvalue weighted by molar-refractivity contribution is -0.139. The van der Waals surface area contributed by atoms with Gasteiger partial charge in [0.25, 0.3) is 0 Å². The molecule has 0 spiro atoms. The van der Waals surface area contributed by atoms with Gasteiger partial charge in [0.1, 0.15) is 0 Å². The SMILES string of the molecule is CCC[C@H](C(N)=O)[C@H](C(=O)NC(C)(C)C)C(C)(C)C. The summed E-state index contributed by atoms with van der Waals surface area (Å²) in [5.74, 6) is -1.28. The van der Waals surface area contributed by atoms with E-state index in [-0.39, 0.29) is 22.8 Å². The van der Waals surface area contributed by atoms with Crippen LogP contribution in [0.2, 0.25) is 0 Å². The van der Waals surface area contributed by atoms with Crippen LogP contribution in [0.15, 0.2) is 0 Å². The first kappa shape index (κ1) is 17.9. The maximum atomic E-state index is 12.5. The third kappa shape index (κ3) is 6.08. The molecule has 112 valence electrons. The minimum absolute atomic E-state index is 0.0859. The van der Waals surface area contributed by atoms with Crippen molar-refractivity contribution in [1.82, 2.24) is 5.32 Å². The summed E-state index contributed by atoms with van der Waals surface area (Å²) in [6.45, 7) is 13.7. The zero-order chi connectivity index (χ0) is 15.4. The molecular formula is C15H30N2O2. The van der Waals surface area contributed by atoms with Crippen molar-refractivity contribution in [3.63, 3.8) is 0 Å². The number of rotatable bonds is 5. The fourth-order valence-corrected chi connectivity index (χ4v) is 2.41. The summed E-state index contributed by atoms with van der Waals surface area (Å²) >= 11 is 0. The fraction of sp³-hybridized carbons (Fsp3) is 0.867. The van der Waals surface area contributed by atoms with Crippen LogP contribution >= 0.6 is 0 Å². The van der Waals surface area contributed by atoms with Crippen LogP contribution in [0.5, 0.6) is 0 Å². The topological polar surface area (TPSA) is 72.2 Å². The smallest absolute Gasteiger partial charge is 0.224 e. The van der Waals surface area contributed by atoms with Gasteiger partial charge in [0.15, 0.2) is 0 Å². The number of nitrogens with two attached hydrogens (primary N) is 1. The molecule has 0 saturated carbocycles. The zero-order valence-electron chi connectivity index (χ0n) is 13.5. The van der Waals surface area contributed by atoms with Crippen molar-refractivity contribution in [2.75, 3.05) is 0 Å². The van der Waals surface area contributed by atoms with Crippen LogP contribution in [-0.4, -0.2) is 17.4 Å². The molecule has 0 rings (SSSR count). The Kier molecular flexibility index (Phi) is 6.04. The average molecular weight is 270 g/mol. The number of amides is 2. The molecule has 0 heterocycles. The highest BCUT2D eigenvalue weighted by Gasteiger charge is 2.41. The number of primary amides is 1. The molecule has 0 aromatic carbocycles. The van der Waals surface area contributed by atoms with Gasteiger partial charge >= 0.3 is 0 Å². The van der Waals surface area contributed by atoms with Gasteiger partial charge in [-0.25, -0.2) is 0 Å². The quantitative estimate of drug-likeness (QED) is 0.805. The lowest BCUT2D eigenvalue weighted by atomic mass is 9.70. The number of carbonyl (C=O) groups is 2. The fourth-order valence-electron chi connectivity index (χ4n) is 2.41. The van der Waals surface area contributed by atoms with Gasteiger partial charge in [-0.2, -0.15) is 0 Å². The number of hydrogen-bond acceptors (Lipinski definition) is 2. The molecule has 0 bridgehead atoms. The molecule has 2 amide bonds. The predicted molar refractivity (Wildman–Crippen MR) is 78.4 cm³/mol. The lowest BCUT2D eigenvalue weighted by Crippen LogP contribution is -2.51. The van der Waals surface area contributed by atoms with E-state index in [9.17, 15) is 9.59 Å². The van der Waals surface area contributed by atoms with E-state index in [1.54, 1.807) is 0 Å². The number of carbonyl (C=O) groups excluding carboxylic acids is 2. The Morgan fingerprint density at radius 2 is 1.58 bits per heavy atom. The number of hydrogen-bond donors (Lipinski definition) is 2. The summed E-state index contributed by atoms with van der Waals surface area (Å²) in [6, 6.07) is 0. The van der Waals surface area contributed by atoms with Crippen LogP contribution in [0.1, 0.15) is 61.3 Å². The second-order valence-corrected chi connectivity index (χ2v) is 7.38. The van der Waals surface area contributed by atoms with Gasteiger partial charge in [0.2, 0.25) is 11.8 Å². The van der Waals surface area contributed by atoms with Crippen LogP contribution in [0.25, 0.3) is 0 Å². The van der Waals surface area contributed by atoms with E-state index in [0.29, 0.717) is 6.42 Å². The second-order valence-electron chi connectivity index (χ2n) is 7.38. The molecule has 0 aromatic heterocycles. The zero-order valence-corrected chi connectivity index (χ0v) is 13.5. The molecule has 2 atom stereocenters. The Hall–Kier alpha value is -1.06. The first-order valence-electron chi connectivity index (χ1n) is 7.01. The van der Waals surface area contributed by atoms with Gasteiger partial charge in [0.05, 0.1) is 5.92 Å². The molecule has 3 N–H and O–H groups in total. The summed E-state index contributed by atoms with van der Waals surface area (Å²) in [6.07, 6.45) is 1.48. The highest BCUT2D eigenvalue weighted by Crippen LogP contribution is 2.35. The molecule has 0 aliphatic carbocycles. The van der Waals surface area contributed by atoms with E-state index in [1.165, 1.54) is 0 Å². The van der Waals surface area contributed by atoms with Gasteiger partial charge < -0.3 is 11.1 Å². The minimum atomic E-state index is -0.410. The van der Waals surface area contributed by atoms with Crippen molar-refractivity contribution < 1.29 is 9.59 Å². The molecule has 0 saturated heterocycles. The predicted octanol–water partition coefficient (Wildman–Crippen LogP) is 2.46. The molecule has 0 unspecified atom stereocenters. The van der Waals surface area contributed by atoms with Crippen molar-refractivity contribution in [3.05, 3.63) is 0 Å². The Labute approximate surface area is 117 Å². The van der Waals surface area contributed by atoms with Crippen molar-refractivity contribution in [2.45, 2.75) is 66.8 Å². The van der Waals surface area contributed by atoms with E-state index in [0.717, 1.165) is 6.42 Å². The largest absolute Gasteiger partial charge is 0.369 e. The van der Waals surface area contributed by atoms with Crippen LogP contribution in [0, 0.1) is 17.3 Å². The highest BCUT2D eigenvalue weighted by atomic mass is 16.2. The van der Waals surface area contributed by atoms with Gasteiger partial charge in [-0.3, -0.25) is 9.59 Å². The standard InChI is InChI=1S/C15H30N2O2/c1-8-9-10(12(16)18)11(14(2,3)4)13(19)17-15(5,6)7/h10-11H,8-9H2,1-7H3,(H2,16,18)(H,17,19)/t10-,11+/m0/s1. The molecule has 0 aromatic rings. The molecule has 19 heavy (non-hydrogen) atoms.